The van der Waals surface area contributed by atoms with E-state index in [0.717, 1.165) is 22.2 Å². The Morgan fingerprint density at radius 2 is 1.89 bits per heavy atom. The van der Waals surface area contributed by atoms with E-state index in [-0.39, 0.29) is 6.42 Å². The molecule has 0 aromatic heterocycles. The molecular formula is C16H17F3N2O5S2. The first kappa shape index (κ1) is 20.9. The van der Waals surface area contributed by atoms with Crippen LogP contribution in [0.5, 0.6) is 0 Å². The van der Waals surface area contributed by atoms with Gasteiger partial charge in [-0.05, 0) is 19.4 Å². The zero-order chi connectivity index (χ0) is 20.9. The number of rotatable bonds is 5. The minimum atomic E-state index is -5.87. The molecule has 7 nitrogen and oxygen atoms in total. The Morgan fingerprint density at radius 3 is 2.46 bits per heavy atom. The number of carbonyl (C=O) groups is 2. The van der Waals surface area contributed by atoms with Gasteiger partial charge in [0, 0.05) is 0 Å². The third-order valence-corrected chi connectivity index (χ3v) is 6.93. The number of nitrogens with zero attached hydrogens (tertiary/aromatic N) is 1. The summed E-state index contributed by atoms with van der Waals surface area (Å²) < 4.78 is 63.9. The monoisotopic (exact) mass is 438 g/mol. The Labute approximate surface area is 163 Å². The Morgan fingerprint density at radius 1 is 1.29 bits per heavy atom. The molecule has 2 aliphatic rings. The van der Waals surface area contributed by atoms with Crippen molar-refractivity contribution in [3.8, 4) is 0 Å². The summed E-state index contributed by atoms with van der Waals surface area (Å²) in [5.74, 6) is -1.11. The number of fused-ring (bicyclic) bond motifs is 1. The zero-order valence-electron chi connectivity index (χ0n) is 14.8. The second-order valence-electron chi connectivity index (χ2n) is 6.91. The SMILES string of the molecule is CC1(C)S[C@@H]2[C@H](NC(=O)Cc3ccccc3)C(=O)N2[C@@H]1OS(=O)(=O)C(F)(F)F. The molecule has 0 unspecified atom stereocenters. The number of hydrogen-bond donors (Lipinski definition) is 1. The molecule has 2 saturated heterocycles. The highest BCUT2D eigenvalue weighted by molar-refractivity contribution is 8.01. The van der Waals surface area contributed by atoms with Crippen LogP contribution in [0, 0.1) is 0 Å². The van der Waals surface area contributed by atoms with Gasteiger partial charge in [-0.25, -0.2) is 4.18 Å². The summed E-state index contributed by atoms with van der Waals surface area (Å²) in [5, 5.41) is 1.85. The van der Waals surface area contributed by atoms with Crippen molar-refractivity contribution in [1.82, 2.24) is 10.2 Å². The van der Waals surface area contributed by atoms with E-state index in [1.807, 2.05) is 0 Å². The number of amides is 2. The fraction of sp³-hybridized carbons (Fsp3) is 0.500. The van der Waals surface area contributed by atoms with Gasteiger partial charge < -0.3 is 5.32 Å². The number of carbonyl (C=O) groups excluding carboxylic acids is 2. The third-order valence-electron chi connectivity index (χ3n) is 4.38. The maximum atomic E-state index is 12.7. The molecule has 0 radical (unpaired) electrons. The number of β-lactam (4-membered cyclic amide) rings is 1. The first-order valence-electron chi connectivity index (χ1n) is 8.16. The van der Waals surface area contributed by atoms with Gasteiger partial charge in [-0.1, -0.05) is 30.3 Å². The van der Waals surface area contributed by atoms with Gasteiger partial charge in [-0.15, -0.1) is 11.8 Å². The summed E-state index contributed by atoms with van der Waals surface area (Å²) in [5.41, 5.74) is -4.86. The molecule has 0 saturated carbocycles. The second-order valence-corrected chi connectivity index (χ2v) is 10.2. The topological polar surface area (TPSA) is 92.8 Å². The lowest BCUT2D eigenvalue weighted by molar-refractivity contribution is -0.160. The van der Waals surface area contributed by atoms with Crippen molar-refractivity contribution in [2.75, 3.05) is 0 Å². The Hall–Kier alpha value is -1.79. The van der Waals surface area contributed by atoms with Crippen LogP contribution in [0.2, 0.25) is 0 Å². The van der Waals surface area contributed by atoms with Crippen molar-refractivity contribution in [1.29, 1.82) is 0 Å². The zero-order valence-corrected chi connectivity index (χ0v) is 16.4. The van der Waals surface area contributed by atoms with E-state index < -0.39 is 49.8 Å². The molecule has 3 rings (SSSR count). The molecule has 2 aliphatic heterocycles. The number of thioether (sulfide) groups is 1. The van der Waals surface area contributed by atoms with E-state index in [9.17, 15) is 31.2 Å². The standard InChI is InChI=1S/C16H17F3N2O5S2/c1-15(2)14(26-28(24,25)16(17,18)19)21-12(23)11(13(21)27-15)20-10(22)8-9-6-4-3-5-7-9/h3-7,11,13-14H,8H2,1-2H3,(H,20,22)/t11-,13-,14-/m1/s1. The van der Waals surface area contributed by atoms with Gasteiger partial charge in [0.2, 0.25) is 5.91 Å². The molecule has 0 aliphatic carbocycles. The maximum absolute atomic E-state index is 12.7. The Balaban J connectivity index is 1.70. The van der Waals surface area contributed by atoms with Crippen LogP contribution in [-0.4, -0.2) is 53.0 Å². The van der Waals surface area contributed by atoms with Crippen LogP contribution in [0.1, 0.15) is 19.4 Å². The smallest absolute Gasteiger partial charge is 0.341 e. The quantitative estimate of drug-likeness (QED) is 0.427. The van der Waals surface area contributed by atoms with Crippen LogP contribution in [0.4, 0.5) is 13.2 Å². The lowest BCUT2D eigenvalue weighted by atomic mass is 10.0. The minimum Gasteiger partial charge on any atom is -0.341 e. The van der Waals surface area contributed by atoms with E-state index in [0.29, 0.717) is 0 Å². The van der Waals surface area contributed by atoms with Gasteiger partial charge in [0.25, 0.3) is 5.91 Å². The Bertz CT molecular complexity index is 889. The molecule has 1 aromatic rings. The molecule has 0 spiro atoms. The fourth-order valence-electron chi connectivity index (χ4n) is 3.04. The van der Waals surface area contributed by atoms with Crippen molar-refractivity contribution in [2.45, 2.75) is 48.2 Å². The molecule has 1 N–H and O–H groups in total. The highest BCUT2D eigenvalue weighted by atomic mass is 32.2. The highest BCUT2D eigenvalue weighted by Gasteiger charge is 2.65. The molecule has 2 amide bonds. The van der Waals surface area contributed by atoms with Gasteiger partial charge in [-0.2, -0.15) is 21.6 Å². The summed E-state index contributed by atoms with van der Waals surface area (Å²) in [7, 11) is -5.87. The van der Waals surface area contributed by atoms with Crippen molar-refractivity contribution in [3.63, 3.8) is 0 Å². The summed E-state index contributed by atoms with van der Waals surface area (Å²) >= 11 is 1.07. The van der Waals surface area contributed by atoms with Crippen LogP contribution in [0.3, 0.4) is 0 Å². The van der Waals surface area contributed by atoms with Gasteiger partial charge in [0.05, 0.1) is 11.2 Å². The lowest BCUT2D eigenvalue weighted by Crippen LogP contribution is -2.70. The number of benzene rings is 1. The summed E-state index contributed by atoms with van der Waals surface area (Å²) in [6.45, 7) is 2.95. The van der Waals surface area contributed by atoms with Gasteiger partial charge in [0.1, 0.15) is 11.4 Å². The number of hydrogen-bond acceptors (Lipinski definition) is 6. The van der Waals surface area contributed by atoms with Crippen LogP contribution in [0.25, 0.3) is 0 Å². The van der Waals surface area contributed by atoms with Crippen molar-refractivity contribution in [3.05, 3.63) is 35.9 Å². The predicted molar refractivity (Wildman–Crippen MR) is 94.2 cm³/mol. The van der Waals surface area contributed by atoms with Crippen LogP contribution in [0.15, 0.2) is 30.3 Å². The molecule has 2 fully saturated rings. The lowest BCUT2D eigenvalue weighted by Gasteiger charge is -2.44. The average molecular weight is 438 g/mol. The van der Waals surface area contributed by atoms with Crippen molar-refractivity contribution in [2.24, 2.45) is 0 Å². The third kappa shape index (κ3) is 3.72. The summed E-state index contributed by atoms with van der Waals surface area (Å²) in [6.07, 6.45) is -1.59. The molecule has 3 atom stereocenters. The molecular weight excluding hydrogens is 421 g/mol. The van der Waals surface area contributed by atoms with E-state index >= 15 is 0 Å². The van der Waals surface area contributed by atoms with Crippen molar-refractivity contribution >= 4 is 33.7 Å². The van der Waals surface area contributed by atoms with E-state index in [4.69, 9.17) is 0 Å². The number of nitrogens with one attached hydrogen (secondary N) is 1. The Kier molecular flexibility index (Phi) is 5.17. The van der Waals surface area contributed by atoms with E-state index in [1.165, 1.54) is 13.8 Å². The maximum Gasteiger partial charge on any atom is 0.523 e. The van der Waals surface area contributed by atoms with Gasteiger partial charge in [-0.3, -0.25) is 14.5 Å². The molecule has 28 heavy (non-hydrogen) atoms. The second kappa shape index (κ2) is 6.92. The van der Waals surface area contributed by atoms with Crippen molar-refractivity contribution < 1.29 is 35.4 Å². The van der Waals surface area contributed by atoms with Crippen LogP contribution in [-0.2, 0) is 30.3 Å². The molecule has 2 heterocycles. The van der Waals surface area contributed by atoms with E-state index in [2.05, 4.69) is 9.50 Å². The van der Waals surface area contributed by atoms with Gasteiger partial charge >= 0.3 is 15.6 Å². The molecule has 154 valence electrons. The highest BCUT2D eigenvalue weighted by Crippen LogP contribution is 2.52. The van der Waals surface area contributed by atoms with Crippen LogP contribution >= 0.6 is 11.8 Å². The average Bonchev–Trinajstić information content (AvgIpc) is 2.80. The van der Waals surface area contributed by atoms with E-state index in [1.54, 1.807) is 30.3 Å². The normalized spacial score (nSPS) is 26.5. The first-order chi connectivity index (χ1) is 12.8. The molecule has 0 bridgehead atoms. The number of alkyl halides is 3. The minimum absolute atomic E-state index is 0.0355. The molecule has 12 heteroatoms. The van der Waals surface area contributed by atoms with Crippen LogP contribution < -0.4 is 5.32 Å². The summed E-state index contributed by atoms with van der Waals surface area (Å²) in [6, 6.07) is 7.85. The fourth-order valence-corrected chi connectivity index (χ4v) is 5.33. The largest absolute Gasteiger partial charge is 0.523 e. The molecule has 1 aromatic carbocycles. The number of halogens is 3. The summed E-state index contributed by atoms with van der Waals surface area (Å²) in [4.78, 5) is 25.5. The predicted octanol–water partition coefficient (Wildman–Crippen LogP) is 1.60. The van der Waals surface area contributed by atoms with Gasteiger partial charge in [0.15, 0.2) is 6.23 Å². The first-order valence-corrected chi connectivity index (χ1v) is 10.4.